The molecule has 0 bridgehead atoms. The molecule has 0 saturated heterocycles. The molecule has 17 heavy (non-hydrogen) atoms. The number of nitrogens with zero attached hydrogens (tertiary/aromatic N) is 1. The molecule has 0 spiro atoms. The van der Waals surface area contributed by atoms with Crippen LogP contribution in [0.1, 0.15) is 12.5 Å². The number of oxime groups is 1. The lowest BCUT2D eigenvalue weighted by molar-refractivity contribution is -0.136. The molecule has 0 amide bonds. The predicted molar refractivity (Wildman–Crippen MR) is 67.9 cm³/mol. The third kappa shape index (κ3) is 2.39. The van der Waals surface area contributed by atoms with E-state index in [9.17, 15) is 4.79 Å². The van der Waals surface area contributed by atoms with E-state index in [1.165, 1.54) is 0 Å². The van der Waals surface area contributed by atoms with Gasteiger partial charge in [-0.2, -0.15) is 0 Å². The molecule has 2 rings (SSSR count). The van der Waals surface area contributed by atoms with Crippen LogP contribution in [0.4, 0.5) is 0 Å². The molecule has 88 valence electrons. The van der Waals surface area contributed by atoms with Gasteiger partial charge in [0, 0.05) is 10.0 Å². The maximum absolute atomic E-state index is 11.4. The third-order valence-corrected chi connectivity index (χ3v) is 2.86. The monoisotopic (exact) mass is 295 g/mol. The smallest absolute Gasteiger partial charge is 0.367 e. The lowest BCUT2D eigenvalue weighted by atomic mass is 10.1. The van der Waals surface area contributed by atoms with Gasteiger partial charge in [-0.05, 0) is 31.2 Å². The summed E-state index contributed by atoms with van der Waals surface area (Å²) in [6.45, 7) is 1.72. The number of methoxy groups -OCH3 is 1. The number of hydrogen-bond acceptors (Lipinski definition) is 4. The first-order valence-corrected chi connectivity index (χ1v) is 5.72. The maximum Gasteiger partial charge on any atom is 0.367 e. The summed E-state index contributed by atoms with van der Waals surface area (Å²) in [5, 5.41) is 3.62. The van der Waals surface area contributed by atoms with Gasteiger partial charge in [0.05, 0.1) is 18.4 Å². The molecule has 1 aliphatic rings. The van der Waals surface area contributed by atoms with Crippen LogP contribution in [0, 0.1) is 0 Å². The molecule has 0 unspecified atom stereocenters. The van der Waals surface area contributed by atoms with Gasteiger partial charge in [0.15, 0.2) is 0 Å². The molecule has 0 N–H and O–H groups in total. The highest BCUT2D eigenvalue weighted by atomic mass is 79.9. The summed E-state index contributed by atoms with van der Waals surface area (Å²) in [4.78, 5) is 16.0. The molecule has 1 aromatic carbocycles. The molecule has 0 saturated carbocycles. The minimum absolute atomic E-state index is 0.440. The van der Waals surface area contributed by atoms with Crippen molar-refractivity contribution in [3.63, 3.8) is 0 Å². The molecule has 0 atom stereocenters. The number of rotatable bonds is 2. The Bertz CT molecular complexity index is 535. The fourth-order valence-electron chi connectivity index (χ4n) is 1.49. The molecule has 1 heterocycles. The van der Waals surface area contributed by atoms with Crippen LogP contribution in [-0.2, 0) is 9.63 Å². The fraction of sp³-hybridized carbons (Fsp3) is 0.167. The summed E-state index contributed by atoms with van der Waals surface area (Å²) in [5.41, 5.74) is 1.81. The summed E-state index contributed by atoms with van der Waals surface area (Å²) in [6.07, 6.45) is 1.71. The van der Waals surface area contributed by atoms with Gasteiger partial charge in [0.1, 0.15) is 5.75 Å². The zero-order valence-electron chi connectivity index (χ0n) is 9.36. The van der Waals surface area contributed by atoms with Crippen LogP contribution >= 0.6 is 15.9 Å². The van der Waals surface area contributed by atoms with Gasteiger partial charge in [0.25, 0.3) is 0 Å². The van der Waals surface area contributed by atoms with Crippen molar-refractivity contribution in [3.8, 4) is 5.75 Å². The third-order valence-electron chi connectivity index (χ3n) is 2.37. The molecule has 4 nitrogen and oxygen atoms in total. The molecule has 1 aromatic rings. The second-order valence-corrected chi connectivity index (χ2v) is 4.42. The number of hydrogen-bond donors (Lipinski definition) is 0. The first kappa shape index (κ1) is 11.9. The molecule has 5 heteroatoms. The van der Waals surface area contributed by atoms with Crippen molar-refractivity contribution in [1.82, 2.24) is 0 Å². The SMILES string of the molecule is COc1ccc(Br)cc1/C=C1/C(=O)ON=C1C. The second-order valence-electron chi connectivity index (χ2n) is 3.50. The molecular formula is C12H10BrNO3. The number of benzene rings is 1. The molecule has 0 fully saturated rings. The minimum Gasteiger partial charge on any atom is -0.496 e. The number of halogens is 1. The Labute approximate surface area is 107 Å². The van der Waals surface area contributed by atoms with Crippen molar-refractivity contribution >= 4 is 33.7 Å². The molecular weight excluding hydrogens is 286 g/mol. The van der Waals surface area contributed by atoms with Crippen molar-refractivity contribution in [2.24, 2.45) is 5.16 Å². The first-order chi connectivity index (χ1) is 8.11. The summed E-state index contributed by atoms with van der Waals surface area (Å²) in [6, 6.07) is 5.56. The zero-order chi connectivity index (χ0) is 12.4. The van der Waals surface area contributed by atoms with Crippen LogP contribution in [0.25, 0.3) is 6.08 Å². The molecule has 1 aliphatic heterocycles. The van der Waals surface area contributed by atoms with Gasteiger partial charge >= 0.3 is 5.97 Å². The van der Waals surface area contributed by atoms with Gasteiger partial charge in [-0.3, -0.25) is 0 Å². The Morgan fingerprint density at radius 1 is 1.47 bits per heavy atom. The van der Waals surface area contributed by atoms with Crippen molar-refractivity contribution in [3.05, 3.63) is 33.8 Å². The normalized spacial score (nSPS) is 17.0. The van der Waals surface area contributed by atoms with Crippen molar-refractivity contribution < 1.29 is 14.4 Å². The first-order valence-electron chi connectivity index (χ1n) is 4.93. The highest BCUT2D eigenvalue weighted by molar-refractivity contribution is 9.10. The molecule has 0 aliphatic carbocycles. The largest absolute Gasteiger partial charge is 0.496 e. The highest BCUT2D eigenvalue weighted by Gasteiger charge is 2.22. The Morgan fingerprint density at radius 2 is 2.24 bits per heavy atom. The Balaban J connectivity index is 2.48. The van der Waals surface area contributed by atoms with Crippen LogP contribution in [-0.4, -0.2) is 18.8 Å². The average molecular weight is 296 g/mol. The maximum atomic E-state index is 11.4. The highest BCUT2D eigenvalue weighted by Crippen LogP contribution is 2.26. The van der Waals surface area contributed by atoms with Crippen LogP contribution in [0.5, 0.6) is 5.75 Å². The van der Waals surface area contributed by atoms with Crippen molar-refractivity contribution in [1.29, 1.82) is 0 Å². The quantitative estimate of drug-likeness (QED) is 0.623. The number of carbonyl (C=O) groups excluding carboxylic acids is 1. The zero-order valence-corrected chi connectivity index (χ0v) is 10.9. The van der Waals surface area contributed by atoms with Crippen molar-refractivity contribution in [2.75, 3.05) is 7.11 Å². The van der Waals surface area contributed by atoms with E-state index in [1.807, 2.05) is 18.2 Å². The predicted octanol–water partition coefficient (Wildman–Crippen LogP) is 2.77. The van der Waals surface area contributed by atoms with E-state index in [0.29, 0.717) is 17.0 Å². The van der Waals surface area contributed by atoms with E-state index in [1.54, 1.807) is 20.1 Å². The second kappa shape index (κ2) is 4.71. The topological polar surface area (TPSA) is 47.9 Å². The van der Waals surface area contributed by atoms with E-state index in [4.69, 9.17) is 4.74 Å². The van der Waals surface area contributed by atoms with Gasteiger partial charge in [0.2, 0.25) is 0 Å². The van der Waals surface area contributed by atoms with E-state index in [0.717, 1.165) is 10.0 Å². The van der Waals surface area contributed by atoms with E-state index in [-0.39, 0.29) is 0 Å². The Kier molecular flexibility index (Phi) is 3.28. The van der Waals surface area contributed by atoms with Gasteiger partial charge in [-0.1, -0.05) is 21.1 Å². The van der Waals surface area contributed by atoms with Gasteiger partial charge in [-0.15, -0.1) is 0 Å². The standard InChI is InChI=1S/C12H10BrNO3/c1-7-10(12(15)17-14-7)6-8-5-9(13)3-4-11(8)16-2/h3-6H,1-2H3/b10-6+. The Hall–Kier alpha value is -1.62. The molecule has 0 radical (unpaired) electrons. The average Bonchev–Trinajstić information content (AvgIpc) is 2.61. The summed E-state index contributed by atoms with van der Waals surface area (Å²) < 4.78 is 6.13. The van der Waals surface area contributed by atoms with Gasteiger partial charge in [-0.25, -0.2) is 4.79 Å². The molecule has 0 aromatic heterocycles. The number of carbonyl (C=O) groups is 1. The van der Waals surface area contributed by atoms with Crippen LogP contribution in [0.3, 0.4) is 0 Å². The lowest BCUT2D eigenvalue weighted by Crippen LogP contribution is -2.02. The van der Waals surface area contributed by atoms with Crippen LogP contribution < -0.4 is 4.74 Å². The van der Waals surface area contributed by atoms with Crippen LogP contribution in [0.2, 0.25) is 0 Å². The minimum atomic E-state index is -0.440. The van der Waals surface area contributed by atoms with E-state index >= 15 is 0 Å². The number of ether oxygens (including phenoxy) is 1. The van der Waals surface area contributed by atoms with E-state index < -0.39 is 5.97 Å². The fourth-order valence-corrected chi connectivity index (χ4v) is 1.87. The summed E-state index contributed by atoms with van der Waals surface area (Å²) >= 11 is 3.37. The van der Waals surface area contributed by atoms with Crippen molar-refractivity contribution in [2.45, 2.75) is 6.92 Å². The van der Waals surface area contributed by atoms with Gasteiger partial charge < -0.3 is 9.57 Å². The summed E-state index contributed by atoms with van der Waals surface area (Å²) in [7, 11) is 1.58. The lowest BCUT2D eigenvalue weighted by Gasteiger charge is -2.05. The Morgan fingerprint density at radius 3 is 2.82 bits per heavy atom. The van der Waals surface area contributed by atoms with E-state index in [2.05, 4.69) is 25.9 Å². The van der Waals surface area contributed by atoms with Crippen LogP contribution in [0.15, 0.2) is 33.4 Å². The summed E-state index contributed by atoms with van der Waals surface area (Å²) in [5.74, 6) is 0.248.